The zero-order chi connectivity index (χ0) is 17.4. The number of methoxy groups -OCH3 is 1. The molecule has 0 saturated carbocycles. The highest BCUT2D eigenvalue weighted by atomic mass is 32.2. The summed E-state index contributed by atoms with van der Waals surface area (Å²) in [4.78, 5) is 15.2. The van der Waals surface area contributed by atoms with Gasteiger partial charge in [0.25, 0.3) is 0 Å². The van der Waals surface area contributed by atoms with E-state index in [-0.39, 0.29) is 23.3 Å². The maximum atomic E-state index is 13.4. The summed E-state index contributed by atoms with van der Waals surface area (Å²) >= 11 is 1.71. The van der Waals surface area contributed by atoms with Gasteiger partial charge in [-0.15, -0.1) is 22.0 Å². The van der Waals surface area contributed by atoms with Crippen LogP contribution in [0.2, 0.25) is 0 Å². The fraction of sp³-hybridized carbons (Fsp3) is 0.500. The molecule has 1 saturated heterocycles. The van der Waals surface area contributed by atoms with Crippen molar-refractivity contribution in [2.75, 3.05) is 19.4 Å². The minimum atomic E-state index is -0.215. The molecule has 4 rings (SSSR count). The van der Waals surface area contributed by atoms with Crippen LogP contribution in [0.5, 0.6) is 0 Å². The third-order valence-electron chi connectivity index (χ3n) is 4.92. The van der Waals surface area contributed by atoms with Crippen LogP contribution >= 0.6 is 11.8 Å². The molecule has 1 aromatic heterocycles. The summed E-state index contributed by atoms with van der Waals surface area (Å²) < 4.78 is 11.1. The molecule has 3 atom stereocenters. The number of hydrogen-bond acceptors (Lipinski definition) is 6. The monoisotopic (exact) mass is 359 g/mol. The summed E-state index contributed by atoms with van der Waals surface area (Å²) in [5.41, 5.74) is 2.40. The van der Waals surface area contributed by atoms with E-state index in [4.69, 9.17) is 9.15 Å². The van der Waals surface area contributed by atoms with Gasteiger partial charge >= 0.3 is 0 Å². The van der Waals surface area contributed by atoms with Crippen LogP contribution in [0, 0.1) is 6.92 Å². The number of carbonyl (C=O) groups is 1. The SMILES string of the molecule is CO[C@H]1C[C@H](c2nnc(C)o2)N(C(=O)C2SCCc3ccccc32)C1. The largest absolute Gasteiger partial charge is 0.423 e. The summed E-state index contributed by atoms with van der Waals surface area (Å²) in [5.74, 6) is 2.08. The van der Waals surface area contributed by atoms with Crippen LogP contribution in [0.15, 0.2) is 28.7 Å². The van der Waals surface area contributed by atoms with E-state index in [0.29, 0.717) is 24.7 Å². The van der Waals surface area contributed by atoms with Gasteiger partial charge in [0.15, 0.2) is 0 Å². The number of rotatable bonds is 3. The van der Waals surface area contributed by atoms with Crippen LogP contribution in [0.3, 0.4) is 0 Å². The van der Waals surface area contributed by atoms with Gasteiger partial charge in [-0.2, -0.15) is 0 Å². The van der Waals surface area contributed by atoms with Crippen LogP contribution in [-0.4, -0.2) is 46.5 Å². The lowest BCUT2D eigenvalue weighted by Gasteiger charge is -2.30. The smallest absolute Gasteiger partial charge is 0.240 e. The van der Waals surface area contributed by atoms with Crippen LogP contribution in [0.1, 0.15) is 40.6 Å². The normalized spacial score (nSPS) is 25.8. The first-order chi connectivity index (χ1) is 12.2. The van der Waals surface area contributed by atoms with Crippen molar-refractivity contribution in [3.63, 3.8) is 0 Å². The van der Waals surface area contributed by atoms with Gasteiger partial charge in [0.2, 0.25) is 17.7 Å². The highest BCUT2D eigenvalue weighted by Crippen LogP contribution is 2.42. The van der Waals surface area contributed by atoms with Crippen molar-refractivity contribution < 1.29 is 13.9 Å². The Morgan fingerprint density at radius 3 is 2.96 bits per heavy atom. The van der Waals surface area contributed by atoms with Crippen LogP contribution in [0.25, 0.3) is 0 Å². The topological polar surface area (TPSA) is 68.5 Å². The predicted molar refractivity (Wildman–Crippen MR) is 94.2 cm³/mol. The van der Waals surface area contributed by atoms with Crippen LogP contribution in [0.4, 0.5) is 0 Å². The lowest BCUT2D eigenvalue weighted by atomic mass is 10.0. The van der Waals surface area contributed by atoms with Crippen LogP contribution in [-0.2, 0) is 16.0 Å². The molecule has 2 aliphatic rings. The van der Waals surface area contributed by atoms with Crippen molar-refractivity contribution in [1.82, 2.24) is 15.1 Å². The summed E-state index contributed by atoms with van der Waals surface area (Å²) in [6.45, 7) is 2.32. The Morgan fingerprint density at radius 2 is 2.20 bits per heavy atom. The van der Waals surface area contributed by atoms with E-state index >= 15 is 0 Å². The molecule has 0 radical (unpaired) electrons. The molecule has 1 aromatic carbocycles. The Bertz CT molecular complexity index is 778. The number of amides is 1. The Kier molecular flexibility index (Phi) is 4.52. The summed E-state index contributed by atoms with van der Waals surface area (Å²) in [6, 6.07) is 8.02. The van der Waals surface area contributed by atoms with Crippen molar-refractivity contribution in [2.24, 2.45) is 0 Å². The number of benzene rings is 1. The number of carbonyl (C=O) groups excluding carboxylic acids is 1. The Morgan fingerprint density at radius 1 is 1.36 bits per heavy atom. The number of aryl methyl sites for hydroxylation is 2. The molecule has 6 nitrogen and oxygen atoms in total. The van der Waals surface area contributed by atoms with Crippen LogP contribution < -0.4 is 0 Å². The average Bonchev–Trinajstić information content (AvgIpc) is 3.26. The fourth-order valence-corrected chi connectivity index (χ4v) is 4.90. The minimum Gasteiger partial charge on any atom is -0.423 e. The molecule has 0 N–H and O–H groups in total. The molecule has 1 unspecified atom stereocenters. The fourth-order valence-electron chi connectivity index (χ4n) is 3.64. The zero-order valence-corrected chi connectivity index (χ0v) is 15.2. The number of hydrogen-bond donors (Lipinski definition) is 0. The maximum Gasteiger partial charge on any atom is 0.240 e. The van der Waals surface area contributed by atoms with E-state index in [9.17, 15) is 4.79 Å². The molecule has 1 fully saturated rings. The second-order valence-electron chi connectivity index (χ2n) is 6.46. The molecule has 1 amide bonds. The first kappa shape index (κ1) is 16.6. The van der Waals surface area contributed by atoms with E-state index in [1.54, 1.807) is 25.8 Å². The van der Waals surface area contributed by atoms with Gasteiger partial charge in [-0.25, -0.2) is 0 Å². The lowest BCUT2D eigenvalue weighted by molar-refractivity contribution is -0.132. The van der Waals surface area contributed by atoms with Gasteiger partial charge in [0.1, 0.15) is 11.3 Å². The van der Waals surface area contributed by atoms with Crippen molar-refractivity contribution in [1.29, 1.82) is 0 Å². The number of likely N-dealkylation sites (tertiary alicyclic amines) is 1. The Hall–Kier alpha value is -1.86. The molecule has 0 aliphatic carbocycles. The van der Waals surface area contributed by atoms with E-state index < -0.39 is 0 Å². The first-order valence-electron chi connectivity index (χ1n) is 8.50. The molecule has 132 valence electrons. The number of thioether (sulfide) groups is 1. The summed E-state index contributed by atoms with van der Waals surface area (Å²) in [7, 11) is 1.68. The molecule has 7 heteroatoms. The molecule has 2 aliphatic heterocycles. The average molecular weight is 359 g/mol. The molecule has 2 aromatic rings. The molecular formula is C18H21N3O3S. The van der Waals surface area contributed by atoms with E-state index in [1.165, 1.54) is 5.56 Å². The van der Waals surface area contributed by atoms with Crippen molar-refractivity contribution in [3.8, 4) is 0 Å². The van der Waals surface area contributed by atoms with Crippen molar-refractivity contribution in [3.05, 3.63) is 47.2 Å². The van der Waals surface area contributed by atoms with Gasteiger partial charge in [-0.1, -0.05) is 24.3 Å². The molecule has 0 bridgehead atoms. The Balaban J connectivity index is 1.64. The van der Waals surface area contributed by atoms with E-state index in [2.05, 4.69) is 22.3 Å². The molecule has 25 heavy (non-hydrogen) atoms. The molecule has 0 spiro atoms. The Labute approximate surface area is 150 Å². The second-order valence-corrected chi connectivity index (χ2v) is 7.67. The number of nitrogens with zero attached hydrogens (tertiary/aromatic N) is 3. The summed E-state index contributed by atoms with van der Waals surface area (Å²) in [5, 5.41) is 7.90. The van der Waals surface area contributed by atoms with Crippen molar-refractivity contribution in [2.45, 2.75) is 37.2 Å². The van der Waals surface area contributed by atoms with Gasteiger partial charge in [-0.3, -0.25) is 4.79 Å². The maximum absolute atomic E-state index is 13.4. The van der Waals surface area contributed by atoms with Gasteiger partial charge in [-0.05, 0) is 23.3 Å². The van der Waals surface area contributed by atoms with Gasteiger partial charge in [0, 0.05) is 27.0 Å². The highest BCUT2D eigenvalue weighted by Gasteiger charge is 2.42. The van der Waals surface area contributed by atoms with Crippen molar-refractivity contribution >= 4 is 17.7 Å². The molecule has 3 heterocycles. The molecular weight excluding hydrogens is 338 g/mol. The summed E-state index contributed by atoms with van der Waals surface area (Å²) in [6.07, 6.45) is 1.69. The standard InChI is InChI=1S/C18H21N3O3S/c1-11-19-20-17(24-11)15-9-13(23-2)10-21(15)18(22)16-14-6-4-3-5-12(14)7-8-25-16/h3-6,13,15-16H,7-10H2,1-2H3/t13-,15+,16?/m0/s1. The third kappa shape index (κ3) is 3.06. The lowest BCUT2D eigenvalue weighted by Crippen LogP contribution is -2.36. The number of ether oxygens (including phenoxy) is 1. The quantitative estimate of drug-likeness (QED) is 0.839. The second kappa shape index (κ2) is 6.80. The number of aromatic nitrogens is 2. The predicted octanol–water partition coefficient (Wildman–Crippen LogP) is 2.70. The van der Waals surface area contributed by atoms with E-state index in [1.807, 2.05) is 17.0 Å². The first-order valence-corrected chi connectivity index (χ1v) is 9.55. The van der Waals surface area contributed by atoms with Gasteiger partial charge < -0.3 is 14.1 Å². The van der Waals surface area contributed by atoms with E-state index in [0.717, 1.165) is 17.7 Å². The third-order valence-corrected chi connectivity index (χ3v) is 6.15. The zero-order valence-electron chi connectivity index (χ0n) is 14.3. The minimum absolute atomic E-state index is 0.00927. The highest BCUT2D eigenvalue weighted by molar-refractivity contribution is 8.00. The number of fused-ring (bicyclic) bond motifs is 1. The van der Waals surface area contributed by atoms with Gasteiger partial charge in [0.05, 0.1) is 6.10 Å².